The highest BCUT2D eigenvalue weighted by atomic mass is 16.7. The minimum atomic E-state index is -1.49. The number of rotatable bonds is 23. The minimum Gasteiger partial charge on any atom is -0.459 e. The van der Waals surface area contributed by atoms with Gasteiger partial charge in [-0.3, -0.25) is 4.90 Å². The number of allylic oxidation sites excluding steroid dienone is 1. The number of aliphatic hydroxyl groups is 2. The Kier molecular flexibility index (Phi) is 16.8. The second kappa shape index (κ2) is 24.1. The van der Waals surface area contributed by atoms with Crippen LogP contribution in [-0.4, -0.2) is 78.9 Å². The number of carbonyl (C=O) groups excluding carboxylic acids is 1. The van der Waals surface area contributed by atoms with E-state index < -0.39 is 23.8 Å². The van der Waals surface area contributed by atoms with Crippen LogP contribution in [0.25, 0.3) is 21.9 Å². The van der Waals surface area contributed by atoms with Gasteiger partial charge in [-0.2, -0.15) is 0 Å². The van der Waals surface area contributed by atoms with Gasteiger partial charge in [-0.25, -0.2) is 4.79 Å². The Bertz CT molecular complexity index is 2790. The fourth-order valence-corrected chi connectivity index (χ4v) is 11.3. The number of hydrogen-bond donors (Lipinski definition) is 2. The van der Waals surface area contributed by atoms with E-state index in [1.54, 1.807) is 18.1 Å². The summed E-state index contributed by atoms with van der Waals surface area (Å²) in [5, 5.41) is 27.0. The van der Waals surface area contributed by atoms with Crippen LogP contribution >= 0.6 is 0 Å². The average molecular weight is 971 g/mol. The Morgan fingerprint density at radius 2 is 1.51 bits per heavy atom. The summed E-state index contributed by atoms with van der Waals surface area (Å²) in [6.45, 7) is 5.18. The van der Waals surface area contributed by atoms with Gasteiger partial charge in [0.2, 0.25) is 5.79 Å². The van der Waals surface area contributed by atoms with Gasteiger partial charge in [0.25, 0.3) is 0 Å². The fraction of sp³-hybridized carbons (Fsp3) is 0.344. The Balaban J connectivity index is 1.16. The van der Waals surface area contributed by atoms with Crippen molar-refractivity contribution in [1.29, 1.82) is 0 Å². The zero-order valence-corrected chi connectivity index (χ0v) is 41.2. The van der Waals surface area contributed by atoms with Gasteiger partial charge >= 0.3 is 6.09 Å². The highest BCUT2D eigenvalue weighted by Crippen LogP contribution is 2.62. The number of unbranched alkanes of at least 4 members (excludes halogenated alkanes) is 2. The number of ether oxygens (including phenoxy) is 5. The lowest BCUT2D eigenvalue weighted by molar-refractivity contribution is -0.256. The third kappa shape index (κ3) is 11.1. The molecule has 0 saturated heterocycles. The second-order valence-electron chi connectivity index (χ2n) is 18.9. The molecule has 9 rings (SSSR count). The topological polar surface area (TPSA) is 129 Å². The monoisotopic (exact) mass is 970 g/mol. The van der Waals surface area contributed by atoms with E-state index in [1.165, 1.54) is 0 Å². The molecule has 2 N–H and O–H groups in total. The molecule has 0 radical (unpaired) electrons. The maximum absolute atomic E-state index is 15.2. The molecular formula is C61H66N2O9. The van der Waals surface area contributed by atoms with E-state index in [2.05, 4.69) is 61.2 Å². The van der Waals surface area contributed by atoms with Gasteiger partial charge in [0.1, 0.15) is 37.0 Å². The van der Waals surface area contributed by atoms with Crippen LogP contribution in [0, 0.1) is 17.8 Å². The number of aliphatic hydroxyl groups excluding tert-OH is 2. The van der Waals surface area contributed by atoms with Crippen molar-refractivity contribution in [3.05, 3.63) is 187 Å². The first kappa shape index (κ1) is 50.2. The largest absolute Gasteiger partial charge is 0.459 e. The molecule has 6 atom stereocenters. The number of hydrogen-bond acceptors (Lipinski definition) is 10. The molecule has 11 nitrogen and oxygen atoms in total. The minimum absolute atomic E-state index is 0.0189. The molecule has 0 unspecified atom stereocenters. The smallest absolute Gasteiger partial charge is 0.410 e. The summed E-state index contributed by atoms with van der Waals surface area (Å²) >= 11 is 0. The first-order valence-corrected chi connectivity index (χ1v) is 25.4. The summed E-state index contributed by atoms with van der Waals surface area (Å²) in [5.41, 5.74) is 6.75. The van der Waals surface area contributed by atoms with Gasteiger partial charge in [0.15, 0.2) is 0 Å². The van der Waals surface area contributed by atoms with Crippen LogP contribution in [0.1, 0.15) is 67.6 Å². The zero-order chi connectivity index (χ0) is 49.7. The number of amides is 1. The lowest BCUT2D eigenvalue weighted by Gasteiger charge is -2.59. The zero-order valence-electron chi connectivity index (χ0n) is 41.2. The molecule has 1 aliphatic heterocycles. The van der Waals surface area contributed by atoms with Gasteiger partial charge in [-0.15, -0.1) is 6.58 Å². The molecule has 6 aromatic rings. The normalized spacial score (nSPS) is 21.5. The van der Waals surface area contributed by atoms with Crippen LogP contribution in [0.2, 0.25) is 0 Å². The molecule has 6 aromatic carbocycles. The van der Waals surface area contributed by atoms with Gasteiger partial charge in [0.05, 0.1) is 38.0 Å². The van der Waals surface area contributed by atoms with E-state index in [1.807, 2.05) is 97.1 Å². The van der Waals surface area contributed by atoms with E-state index in [-0.39, 0.29) is 63.8 Å². The maximum Gasteiger partial charge on any atom is 0.410 e. The molecule has 374 valence electrons. The van der Waals surface area contributed by atoms with E-state index in [4.69, 9.17) is 33.7 Å². The molecule has 1 fully saturated rings. The molecule has 0 bridgehead atoms. The first-order valence-electron chi connectivity index (χ1n) is 25.4. The number of nitrogens with zero attached hydrogens (tertiary/aromatic N) is 2. The first-order chi connectivity index (χ1) is 35.4. The van der Waals surface area contributed by atoms with Crippen LogP contribution in [0.3, 0.4) is 0 Å². The van der Waals surface area contributed by atoms with E-state index in [9.17, 15) is 10.2 Å². The van der Waals surface area contributed by atoms with Gasteiger partial charge < -0.3 is 38.7 Å². The Morgan fingerprint density at radius 3 is 2.28 bits per heavy atom. The highest BCUT2D eigenvalue weighted by molar-refractivity contribution is 6.03. The molecule has 1 saturated carbocycles. The molecule has 1 heterocycles. The second-order valence-corrected chi connectivity index (χ2v) is 18.9. The fourth-order valence-electron chi connectivity index (χ4n) is 11.3. The molecule has 3 aliphatic rings. The standard InChI is InChI=1S/C61H66N2O9/c1-3-35-70-61-57(63(41-48-24-16-23-46-21-10-11-25-51(46)48)60(66)69-37-36-68-42-43-17-6-4-7-18-43)40-55(62-67-2)53-38-47(22-12-14-33-64)52(26-13-15-34-65)58(59(53)61)54-39-50(31-32-56(54)72-61)71-49-29-27-45(28-30-49)44-19-8-5-9-20-44/h3-11,16-21,23-25,27-32,38-39,47,52,57-59,64-65H,1,12-15,22,26,33-37,40-42H2,2H3/t47-,52+,57-,58+,59+,61+/m0/s1. The van der Waals surface area contributed by atoms with Crippen molar-refractivity contribution < 1.29 is 43.5 Å². The van der Waals surface area contributed by atoms with Crippen LogP contribution < -0.4 is 9.47 Å². The number of oxime groups is 1. The molecule has 72 heavy (non-hydrogen) atoms. The van der Waals surface area contributed by atoms with Crippen molar-refractivity contribution in [3.63, 3.8) is 0 Å². The Morgan fingerprint density at radius 1 is 0.806 bits per heavy atom. The summed E-state index contributed by atoms with van der Waals surface area (Å²) in [7, 11) is 1.55. The van der Waals surface area contributed by atoms with Crippen molar-refractivity contribution in [3.8, 4) is 28.4 Å². The van der Waals surface area contributed by atoms with Crippen molar-refractivity contribution in [1.82, 2.24) is 4.90 Å². The summed E-state index contributed by atoms with van der Waals surface area (Å²) < 4.78 is 33.6. The van der Waals surface area contributed by atoms with E-state index in [0.29, 0.717) is 42.4 Å². The number of benzene rings is 6. The Hall–Kier alpha value is -6.76. The summed E-state index contributed by atoms with van der Waals surface area (Å²) in [5.74, 6) is -0.174. The van der Waals surface area contributed by atoms with E-state index in [0.717, 1.165) is 69.8 Å². The third-order valence-corrected chi connectivity index (χ3v) is 14.4. The van der Waals surface area contributed by atoms with Crippen LogP contribution in [0.15, 0.2) is 175 Å². The average Bonchev–Trinajstić information content (AvgIpc) is 3.41. The quantitative estimate of drug-likeness (QED) is 0.0366. The van der Waals surface area contributed by atoms with Gasteiger partial charge in [-0.05, 0) is 106 Å². The molecule has 2 aliphatic carbocycles. The van der Waals surface area contributed by atoms with Crippen molar-refractivity contribution in [2.45, 2.75) is 75.8 Å². The predicted molar refractivity (Wildman–Crippen MR) is 281 cm³/mol. The van der Waals surface area contributed by atoms with Crippen LogP contribution in [0.5, 0.6) is 17.2 Å². The maximum atomic E-state index is 15.2. The third-order valence-electron chi connectivity index (χ3n) is 14.4. The van der Waals surface area contributed by atoms with Crippen molar-refractivity contribution in [2.75, 3.05) is 40.1 Å². The summed E-state index contributed by atoms with van der Waals surface area (Å²) in [6, 6.07) is 47.7. The molecule has 1 amide bonds. The summed E-state index contributed by atoms with van der Waals surface area (Å²) in [4.78, 5) is 22.7. The predicted octanol–water partition coefficient (Wildman–Crippen LogP) is 12.4. The number of fused-ring (bicyclic) bond motifs is 3. The van der Waals surface area contributed by atoms with Crippen LogP contribution in [0.4, 0.5) is 4.79 Å². The highest BCUT2D eigenvalue weighted by Gasteiger charge is 2.65. The lowest BCUT2D eigenvalue weighted by Crippen LogP contribution is -2.70. The Labute approximate surface area is 423 Å². The van der Waals surface area contributed by atoms with E-state index >= 15 is 4.79 Å². The molecular weight excluding hydrogens is 905 g/mol. The molecule has 0 spiro atoms. The van der Waals surface area contributed by atoms with Crippen LogP contribution in [-0.2, 0) is 32.2 Å². The van der Waals surface area contributed by atoms with Gasteiger partial charge in [-0.1, -0.05) is 145 Å². The van der Waals surface area contributed by atoms with Crippen molar-refractivity contribution >= 4 is 22.6 Å². The van der Waals surface area contributed by atoms with Crippen molar-refractivity contribution in [2.24, 2.45) is 22.9 Å². The SMILES string of the molecule is C=CCO[C@@]12Oc3ccc(Oc4ccc(-c5ccccc5)cc4)cc3[C@H]3[C@H](CCCCO)[C@@H](CCCCO)C=C(C(=NOC)C[C@@H]1N(Cc1cccc4ccccc14)C(=O)OCCOCc1ccccc1)[C@H]32. The van der Waals surface area contributed by atoms with Gasteiger partial charge in [0, 0.05) is 31.1 Å². The molecule has 11 heteroatoms. The lowest BCUT2D eigenvalue weighted by atomic mass is 9.55. The molecule has 0 aromatic heterocycles. The summed E-state index contributed by atoms with van der Waals surface area (Å²) in [6.07, 6.45) is 8.29. The number of carbonyl (C=O) groups is 1.